The molecule has 1 saturated carbocycles. The van der Waals surface area contributed by atoms with Gasteiger partial charge >= 0.3 is 0 Å². The van der Waals surface area contributed by atoms with Crippen molar-refractivity contribution in [2.24, 2.45) is 0 Å². The number of amides is 1. The molecule has 0 aromatic heterocycles. The molecule has 3 rings (SSSR count). The summed E-state index contributed by atoms with van der Waals surface area (Å²) in [5, 5.41) is 2.87. The molecule has 26 heavy (non-hydrogen) atoms. The first-order valence-electron chi connectivity index (χ1n) is 8.92. The molecule has 1 aromatic carbocycles. The maximum Gasteiger partial charge on any atom is 0.234 e. The van der Waals surface area contributed by atoms with Crippen molar-refractivity contribution in [1.29, 1.82) is 0 Å². The topological polar surface area (TPSA) is 81.7 Å². The number of carbonyl (C=O) groups excluding carboxylic acids is 1. The van der Waals surface area contributed by atoms with Gasteiger partial charge in [0, 0.05) is 17.0 Å². The van der Waals surface area contributed by atoms with Gasteiger partial charge < -0.3 is 14.8 Å². The lowest BCUT2D eigenvalue weighted by atomic mass is 10.2. The normalized spacial score (nSPS) is 22.3. The molecule has 1 N–H and O–H groups in total. The Morgan fingerprint density at radius 1 is 1.23 bits per heavy atom. The summed E-state index contributed by atoms with van der Waals surface area (Å²) in [6.07, 6.45) is 5.27. The Balaban J connectivity index is 1.55. The molecular weight excluding hydrogens is 374 g/mol. The highest BCUT2D eigenvalue weighted by Gasteiger charge is 2.28. The van der Waals surface area contributed by atoms with E-state index in [4.69, 9.17) is 9.47 Å². The minimum absolute atomic E-state index is 0.0166. The van der Waals surface area contributed by atoms with Crippen LogP contribution in [0.5, 0.6) is 11.5 Å². The van der Waals surface area contributed by atoms with Gasteiger partial charge in [0.15, 0.2) is 21.3 Å². The Labute approximate surface area is 158 Å². The standard InChI is InChI=1S/C18H25NO5S2/c1-23-16-7-6-13(10-17(16)24-14-4-2-3-5-14)19-18(20)11-25-15-8-9-26(21,22)12-15/h6-7,10,14-15H,2-5,8-9,11-12H2,1H3,(H,19,20)/t15-/m0/s1. The van der Waals surface area contributed by atoms with Gasteiger partial charge in [-0.1, -0.05) is 0 Å². The SMILES string of the molecule is COc1ccc(NC(=O)CS[C@H]2CCS(=O)(=O)C2)cc1OC1CCCC1. The van der Waals surface area contributed by atoms with E-state index < -0.39 is 9.84 Å². The first kappa shape index (κ1) is 19.4. The molecule has 6 nitrogen and oxygen atoms in total. The van der Waals surface area contributed by atoms with E-state index >= 15 is 0 Å². The van der Waals surface area contributed by atoms with Crippen LogP contribution in [0.25, 0.3) is 0 Å². The number of benzene rings is 1. The van der Waals surface area contributed by atoms with Crippen LogP contribution in [-0.4, -0.2) is 50.0 Å². The highest BCUT2D eigenvalue weighted by molar-refractivity contribution is 8.02. The minimum Gasteiger partial charge on any atom is -0.493 e. The number of hydrogen-bond donors (Lipinski definition) is 1. The minimum atomic E-state index is -2.91. The summed E-state index contributed by atoms with van der Waals surface area (Å²) in [5.74, 6) is 1.80. The van der Waals surface area contributed by atoms with E-state index in [1.807, 2.05) is 0 Å². The zero-order valence-electron chi connectivity index (χ0n) is 14.9. The average molecular weight is 400 g/mol. The molecule has 0 bridgehead atoms. The van der Waals surface area contributed by atoms with Gasteiger partial charge in [-0.3, -0.25) is 4.79 Å². The molecule has 2 fully saturated rings. The molecule has 0 unspecified atom stereocenters. The van der Waals surface area contributed by atoms with Crippen molar-refractivity contribution in [2.75, 3.05) is 29.7 Å². The predicted octanol–water partition coefficient (Wildman–Crippen LogP) is 2.88. The fourth-order valence-corrected chi connectivity index (χ4v) is 6.76. The van der Waals surface area contributed by atoms with Gasteiger partial charge in [0.05, 0.1) is 30.5 Å². The zero-order chi connectivity index (χ0) is 18.6. The Morgan fingerprint density at radius 3 is 2.65 bits per heavy atom. The van der Waals surface area contributed by atoms with Gasteiger partial charge in [-0.15, -0.1) is 11.8 Å². The molecule has 8 heteroatoms. The van der Waals surface area contributed by atoms with Gasteiger partial charge in [-0.25, -0.2) is 8.42 Å². The highest BCUT2D eigenvalue weighted by atomic mass is 32.2. The molecule has 1 aliphatic carbocycles. The lowest BCUT2D eigenvalue weighted by Crippen LogP contribution is -2.17. The first-order chi connectivity index (χ1) is 12.4. The van der Waals surface area contributed by atoms with Crippen LogP contribution in [0.1, 0.15) is 32.1 Å². The van der Waals surface area contributed by atoms with E-state index in [9.17, 15) is 13.2 Å². The smallest absolute Gasteiger partial charge is 0.234 e. The van der Waals surface area contributed by atoms with Gasteiger partial charge in [0.2, 0.25) is 5.91 Å². The highest BCUT2D eigenvalue weighted by Crippen LogP contribution is 2.34. The largest absolute Gasteiger partial charge is 0.493 e. The second kappa shape index (κ2) is 8.52. The van der Waals surface area contributed by atoms with Crippen molar-refractivity contribution in [3.63, 3.8) is 0 Å². The number of methoxy groups -OCH3 is 1. The second-order valence-electron chi connectivity index (χ2n) is 6.77. The lowest BCUT2D eigenvalue weighted by Gasteiger charge is -2.17. The maximum atomic E-state index is 12.2. The molecule has 2 aliphatic rings. The third-order valence-corrected chi connectivity index (χ3v) is 7.97. The summed E-state index contributed by atoms with van der Waals surface area (Å²) in [6, 6.07) is 5.36. The molecule has 1 aliphatic heterocycles. The number of anilines is 1. The number of sulfone groups is 1. The Morgan fingerprint density at radius 2 is 2.00 bits per heavy atom. The molecular formula is C18H25NO5S2. The Kier molecular flexibility index (Phi) is 6.34. The van der Waals surface area contributed by atoms with Crippen molar-refractivity contribution in [3.8, 4) is 11.5 Å². The number of rotatable bonds is 7. The van der Waals surface area contributed by atoms with Gasteiger partial charge in [0.1, 0.15) is 0 Å². The van der Waals surface area contributed by atoms with E-state index in [-0.39, 0.29) is 34.5 Å². The Hall–Kier alpha value is -1.41. The summed E-state index contributed by atoms with van der Waals surface area (Å²) in [6.45, 7) is 0. The average Bonchev–Trinajstić information content (AvgIpc) is 3.22. The molecule has 1 heterocycles. The predicted molar refractivity (Wildman–Crippen MR) is 104 cm³/mol. The quantitative estimate of drug-likeness (QED) is 0.759. The molecule has 1 saturated heterocycles. The zero-order valence-corrected chi connectivity index (χ0v) is 16.5. The van der Waals surface area contributed by atoms with Crippen LogP contribution >= 0.6 is 11.8 Å². The third kappa shape index (κ3) is 5.30. The van der Waals surface area contributed by atoms with Gasteiger partial charge in [-0.05, 0) is 44.2 Å². The fraction of sp³-hybridized carbons (Fsp3) is 0.611. The maximum absolute atomic E-state index is 12.2. The molecule has 0 radical (unpaired) electrons. The number of hydrogen-bond acceptors (Lipinski definition) is 6. The van der Waals surface area contributed by atoms with Crippen molar-refractivity contribution < 1.29 is 22.7 Å². The van der Waals surface area contributed by atoms with Crippen molar-refractivity contribution in [1.82, 2.24) is 0 Å². The van der Waals surface area contributed by atoms with Crippen LogP contribution in [0.15, 0.2) is 18.2 Å². The van der Waals surface area contributed by atoms with E-state index in [0.29, 0.717) is 23.6 Å². The second-order valence-corrected chi connectivity index (χ2v) is 10.3. The number of thioether (sulfide) groups is 1. The van der Waals surface area contributed by atoms with Gasteiger partial charge in [0.25, 0.3) is 0 Å². The molecule has 1 atom stereocenters. The summed E-state index contributed by atoms with van der Waals surface area (Å²) < 4.78 is 34.3. The Bertz CT molecular complexity index is 744. The molecule has 1 aromatic rings. The monoisotopic (exact) mass is 399 g/mol. The van der Waals surface area contributed by atoms with E-state index in [1.54, 1.807) is 25.3 Å². The van der Waals surface area contributed by atoms with E-state index in [0.717, 1.165) is 12.8 Å². The molecule has 1 amide bonds. The third-order valence-electron chi connectivity index (χ3n) is 4.68. The van der Waals surface area contributed by atoms with Crippen molar-refractivity contribution >= 4 is 33.2 Å². The van der Waals surface area contributed by atoms with Crippen LogP contribution in [0.3, 0.4) is 0 Å². The van der Waals surface area contributed by atoms with Crippen LogP contribution in [0, 0.1) is 0 Å². The van der Waals surface area contributed by atoms with Gasteiger partial charge in [-0.2, -0.15) is 0 Å². The first-order valence-corrected chi connectivity index (χ1v) is 11.8. The fourth-order valence-electron chi connectivity index (χ4n) is 3.32. The summed E-state index contributed by atoms with van der Waals surface area (Å²) in [4.78, 5) is 12.2. The lowest BCUT2D eigenvalue weighted by molar-refractivity contribution is -0.113. The number of ether oxygens (including phenoxy) is 2. The van der Waals surface area contributed by atoms with Crippen LogP contribution in [0.4, 0.5) is 5.69 Å². The summed E-state index contributed by atoms with van der Waals surface area (Å²) >= 11 is 1.40. The summed E-state index contributed by atoms with van der Waals surface area (Å²) in [7, 11) is -1.31. The van der Waals surface area contributed by atoms with Crippen molar-refractivity contribution in [2.45, 2.75) is 43.5 Å². The van der Waals surface area contributed by atoms with E-state index in [2.05, 4.69) is 5.32 Å². The van der Waals surface area contributed by atoms with Crippen LogP contribution < -0.4 is 14.8 Å². The van der Waals surface area contributed by atoms with Crippen LogP contribution in [-0.2, 0) is 14.6 Å². The summed E-state index contributed by atoms with van der Waals surface area (Å²) in [5.41, 5.74) is 0.656. The van der Waals surface area contributed by atoms with Crippen LogP contribution in [0.2, 0.25) is 0 Å². The number of carbonyl (C=O) groups is 1. The van der Waals surface area contributed by atoms with E-state index in [1.165, 1.54) is 24.6 Å². The van der Waals surface area contributed by atoms with Crippen molar-refractivity contribution in [3.05, 3.63) is 18.2 Å². The molecule has 144 valence electrons. The number of nitrogens with one attached hydrogen (secondary N) is 1. The molecule has 0 spiro atoms.